The highest BCUT2D eigenvalue weighted by atomic mass is 32.2. The lowest BCUT2D eigenvalue weighted by Gasteiger charge is -2.21. The second-order valence-corrected chi connectivity index (χ2v) is 7.06. The van der Waals surface area contributed by atoms with Gasteiger partial charge in [-0.2, -0.15) is 11.8 Å². The summed E-state index contributed by atoms with van der Waals surface area (Å²) in [7, 11) is 0. The van der Waals surface area contributed by atoms with E-state index in [2.05, 4.69) is 25.4 Å². The van der Waals surface area contributed by atoms with Crippen molar-refractivity contribution >= 4 is 11.8 Å². The summed E-state index contributed by atoms with van der Waals surface area (Å²) in [5.41, 5.74) is 0. The van der Waals surface area contributed by atoms with Crippen LogP contribution in [0, 0.1) is 5.92 Å². The highest BCUT2D eigenvalue weighted by molar-refractivity contribution is 7.99. The lowest BCUT2D eigenvalue weighted by atomic mass is 10.1. The Morgan fingerprint density at radius 1 is 1.37 bits per heavy atom. The smallest absolute Gasteiger partial charge is 0.0897 e. The second kappa shape index (κ2) is 10.0. The third-order valence-electron chi connectivity index (χ3n) is 3.75. The summed E-state index contributed by atoms with van der Waals surface area (Å²) in [5.74, 6) is 0.737. The minimum Gasteiger partial charge on any atom is -0.389 e. The largest absolute Gasteiger partial charge is 0.389 e. The topological polar surface area (TPSA) is 41.5 Å². The van der Waals surface area contributed by atoms with Gasteiger partial charge in [0.1, 0.15) is 0 Å². The Morgan fingerprint density at radius 3 is 2.84 bits per heavy atom. The normalized spacial score (nSPS) is 25.1. The van der Waals surface area contributed by atoms with Crippen LogP contribution in [0.15, 0.2) is 0 Å². The average Bonchev–Trinajstić information content (AvgIpc) is 2.83. The van der Waals surface area contributed by atoms with Gasteiger partial charge >= 0.3 is 0 Å². The van der Waals surface area contributed by atoms with Crippen molar-refractivity contribution in [3.8, 4) is 0 Å². The molecule has 0 heterocycles. The maximum atomic E-state index is 9.88. The molecule has 4 heteroatoms. The van der Waals surface area contributed by atoms with Gasteiger partial charge in [-0.05, 0) is 37.9 Å². The Kier molecular flexibility index (Phi) is 9.12. The lowest BCUT2D eigenvalue weighted by molar-refractivity contribution is 0.0336. The van der Waals surface area contributed by atoms with Gasteiger partial charge in [0.2, 0.25) is 0 Å². The highest BCUT2D eigenvalue weighted by Crippen LogP contribution is 2.28. The van der Waals surface area contributed by atoms with Gasteiger partial charge in [0, 0.05) is 24.4 Å². The monoisotopic (exact) mass is 289 g/mol. The molecule has 0 amide bonds. The highest BCUT2D eigenvalue weighted by Gasteiger charge is 2.26. The van der Waals surface area contributed by atoms with Gasteiger partial charge in [-0.3, -0.25) is 0 Å². The summed E-state index contributed by atoms with van der Waals surface area (Å²) in [6.45, 7) is 6.34. The first-order valence-corrected chi connectivity index (χ1v) is 8.94. The molecule has 3 atom stereocenters. The van der Waals surface area contributed by atoms with Crippen molar-refractivity contribution in [2.24, 2.45) is 5.92 Å². The van der Waals surface area contributed by atoms with Crippen LogP contribution < -0.4 is 5.32 Å². The van der Waals surface area contributed by atoms with E-state index in [0.717, 1.165) is 24.2 Å². The summed E-state index contributed by atoms with van der Waals surface area (Å²) in [6, 6.07) is 0.575. The predicted octanol–water partition coefficient (Wildman–Crippen LogP) is 2.67. The summed E-state index contributed by atoms with van der Waals surface area (Å²) in [4.78, 5) is 0. The van der Waals surface area contributed by atoms with Crippen molar-refractivity contribution < 1.29 is 9.84 Å². The first-order chi connectivity index (χ1) is 9.13. The van der Waals surface area contributed by atoms with Crippen LogP contribution in [0.1, 0.15) is 46.0 Å². The summed E-state index contributed by atoms with van der Waals surface area (Å²) in [5, 5.41) is 14.1. The van der Waals surface area contributed by atoms with Gasteiger partial charge in [-0.25, -0.2) is 0 Å². The number of nitrogens with one attached hydrogen (secondary N) is 1. The van der Waals surface area contributed by atoms with Gasteiger partial charge in [-0.15, -0.1) is 0 Å². The van der Waals surface area contributed by atoms with Crippen LogP contribution in [0.4, 0.5) is 0 Å². The van der Waals surface area contributed by atoms with Crippen molar-refractivity contribution in [2.75, 3.05) is 26.0 Å². The minimum absolute atomic E-state index is 0.373. The van der Waals surface area contributed by atoms with Gasteiger partial charge in [0.15, 0.2) is 0 Å². The minimum atomic E-state index is -0.373. The van der Waals surface area contributed by atoms with Crippen LogP contribution in [0.3, 0.4) is 0 Å². The van der Waals surface area contributed by atoms with E-state index in [1.165, 1.54) is 25.7 Å². The number of rotatable bonds is 10. The van der Waals surface area contributed by atoms with Crippen LogP contribution >= 0.6 is 11.8 Å². The van der Waals surface area contributed by atoms with Crippen molar-refractivity contribution in [1.82, 2.24) is 5.32 Å². The Balaban J connectivity index is 2.00. The molecule has 1 saturated carbocycles. The zero-order chi connectivity index (χ0) is 14.1. The molecule has 1 aliphatic carbocycles. The Bertz CT molecular complexity index is 226. The molecular weight excluding hydrogens is 258 g/mol. The van der Waals surface area contributed by atoms with Crippen LogP contribution in [0.25, 0.3) is 0 Å². The molecule has 0 aromatic heterocycles. The standard InChI is InChI=1S/C15H31NO2S/c1-12(2)6-5-9-18-11-13(17)10-16-14-7-4-8-15(14)19-3/h12-17H,4-11H2,1-3H3. The number of aliphatic hydroxyl groups excluding tert-OH is 1. The third-order valence-corrected chi connectivity index (χ3v) is 4.92. The summed E-state index contributed by atoms with van der Waals surface area (Å²) >= 11 is 1.94. The molecule has 1 aliphatic rings. The Labute approximate surface area is 122 Å². The van der Waals surface area contributed by atoms with Crippen molar-refractivity contribution in [1.29, 1.82) is 0 Å². The van der Waals surface area contributed by atoms with E-state index >= 15 is 0 Å². The molecule has 1 rings (SSSR count). The van der Waals surface area contributed by atoms with Crippen LogP contribution in [-0.2, 0) is 4.74 Å². The third kappa shape index (κ3) is 7.54. The quantitative estimate of drug-likeness (QED) is 0.607. The predicted molar refractivity (Wildman–Crippen MR) is 83.8 cm³/mol. The van der Waals surface area contributed by atoms with Crippen molar-refractivity contribution in [2.45, 2.75) is 63.3 Å². The molecule has 2 N–H and O–H groups in total. The molecule has 114 valence electrons. The zero-order valence-electron chi connectivity index (χ0n) is 12.7. The molecule has 0 aliphatic heterocycles. The molecule has 3 nitrogen and oxygen atoms in total. The number of ether oxygens (including phenoxy) is 1. The Hall–Kier alpha value is 0.230. The van der Waals surface area contributed by atoms with Crippen molar-refractivity contribution in [3.63, 3.8) is 0 Å². The number of hydrogen-bond donors (Lipinski definition) is 2. The van der Waals surface area contributed by atoms with E-state index in [4.69, 9.17) is 4.74 Å². The van der Waals surface area contributed by atoms with E-state index < -0.39 is 0 Å². The molecule has 0 bridgehead atoms. The lowest BCUT2D eigenvalue weighted by Crippen LogP contribution is -2.40. The molecule has 0 aromatic rings. The van der Waals surface area contributed by atoms with E-state index in [1.807, 2.05) is 11.8 Å². The number of hydrogen-bond acceptors (Lipinski definition) is 4. The maximum absolute atomic E-state index is 9.88. The van der Waals surface area contributed by atoms with Gasteiger partial charge in [0.25, 0.3) is 0 Å². The van der Waals surface area contributed by atoms with Crippen LogP contribution in [-0.4, -0.2) is 48.5 Å². The maximum Gasteiger partial charge on any atom is 0.0897 e. The molecule has 0 radical (unpaired) electrons. The van der Waals surface area contributed by atoms with Crippen molar-refractivity contribution in [3.05, 3.63) is 0 Å². The van der Waals surface area contributed by atoms with Gasteiger partial charge in [-0.1, -0.05) is 20.3 Å². The molecule has 1 fully saturated rings. The molecule has 19 heavy (non-hydrogen) atoms. The summed E-state index contributed by atoms with van der Waals surface area (Å²) in [6.07, 6.45) is 7.96. The van der Waals surface area contributed by atoms with E-state index in [-0.39, 0.29) is 6.10 Å². The fraction of sp³-hybridized carbons (Fsp3) is 1.00. The van der Waals surface area contributed by atoms with Crippen LogP contribution in [0.2, 0.25) is 0 Å². The average molecular weight is 289 g/mol. The molecular formula is C15H31NO2S. The first-order valence-electron chi connectivity index (χ1n) is 7.65. The Morgan fingerprint density at radius 2 is 2.16 bits per heavy atom. The number of aliphatic hydroxyl groups is 1. The number of thioether (sulfide) groups is 1. The molecule has 0 spiro atoms. The molecule has 0 saturated heterocycles. The molecule has 3 unspecified atom stereocenters. The fourth-order valence-electron chi connectivity index (χ4n) is 2.60. The first kappa shape index (κ1) is 17.3. The molecule has 0 aromatic carbocycles. The SMILES string of the molecule is CSC1CCCC1NCC(O)COCCCC(C)C. The summed E-state index contributed by atoms with van der Waals surface area (Å²) < 4.78 is 5.52. The van der Waals surface area contributed by atoms with Gasteiger partial charge in [0.05, 0.1) is 12.7 Å². The van der Waals surface area contributed by atoms with Gasteiger partial charge < -0.3 is 15.2 Å². The van der Waals surface area contributed by atoms with Crippen LogP contribution in [0.5, 0.6) is 0 Å². The van der Waals surface area contributed by atoms with E-state index in [0.29, 0.717) is 19.2 Å². The zero-order valence-corrected chi connectivity index (χ0v) is 13.5. The van der Waals surface area contributed by atoms with E-state index in [1.54, 1.807) is 0 Å². The second-order valence-electron chi connectivity index (χ2n) is 5.98. The fourth-order valence-corrected chi connectivity index (χ4v) is 3.56. The van der Waals surface area contributed by atoms with E-state index in [9.17, 15) is 5.11 Å².